The molecule has 5 rings (SSSR count). The van der Waals surface area contributed by atoms with E-state index in [0.29, 0.717) is 6.04 Å². The van der Waals surface area contributed by atoms with E-state index >= 15 is 0 Å². The fraction of sp³-hybridized carbons (Fsp3) is 0.214. The van der Waals surface area contributed by atoms with Crippen molar-refractivity contribution in [2.45, 2.75) is 25.3 Å². The van der Waals surface area contributed by atoms with Crippen LogP contribution in [-0.4, -0.2) is 25.0 Å². The van der Waals surface area contributed by atoms with E-state index in [0.717, 1.165) is 0 Å². The molecule has 6 heteroatoms. The third-order valence-corrected chi connectivity index (χ3v) is 8.27. The largest absolute Gasteiger partial charge is 0 e. The van der Waals surface area contributed by atoms with Crippen LogP contribution in [0.25, 0.3) is 0 Å². The van der Waals surface area contributed by atoms with Crippen LogP contribution >= 0.6 is 27.0 Å². The first-order valence-corrected chi connectivity index (χ1v) is 16.4. The average molecular weight is 645 g/mol. The predicted octanol–water partition coefficient (Wildman–Crippen LogP) is 6.73. The molecule has 0 N–H and O–H groups in total. The quantitative estimate of drug-likeness (QED) is 0.264. The van der Waals surface area contributed by atoms with Gasteiger partial charge in [0.05, 0.1) is 0 Å². The summed E-state index contributed by atoms with van der Waals surface area (Å²) in [5.41, 5.74) is 1.56. The van der Waals surface area contributed by atoms with Gasteiger partial charge in [-0.05, 0) is 96.3 Å². The summed E-state index contributed by atoms with van der Waals surface area (Å²) in [6.07, 6.45) is 18.6. The molecular formula is C28H30Cl2FeNPPd. The summed E-state index contributed by atoms with van der Waals surface area (Å²) in [7, 11) is 13.6. The molecule has 34 heavy (non-hydrogen) atoms. The molecule has 3 aliphatic carbocycles. The summed E-state index contributed by atoms with van der Waals surface area (Å²) in [5, 5.41) is 2.89. The zero-order valence-corrected chi connectivity index (χ0v) is 24.4. The summed E-state index contributed by atoms with van der Waals surface area (Å²) in [4.78, 5) is 2.41. The summed E-state index contributed by atoms with van der Waals surface area (Å²) in [5.74, 6) is 3.18. The van der Waals surface area contributed by atoms with Crippen LogP contribution in [0, 0.1) is 62.4 Å². The SMILES string of the molecule is CN(C)[C@@H]1CCC[C]2[CH][CH][C](P(c3ccccc3)c3ccccc3)[C]21.[CH]1[CH][CH][CH][CH]1.[Cl][Pd][Cl].[Fe]. The number of fused-ring (bicyclic) bond motifs is 1. The van der Waals surface area contributed by atoms with Gasteiger partial charge in [-0.2, -0.15) is 0 Å². The fourth-order valence-corrected chi connectivity index (χ4v) is 6.92. The molecule has 0 amide bonds. The third-order valence-electron chi connectivity index (χ3n) is 5.77. The van der Waals surface area contributed by atoms with Gasteiger partial charge in [-0.15, -0.1) is 0 Å². The molecule has 0 spiro atoms. The van der Waals surface area contributed by atoms with E-state index < -0.39 is 7.92 Å². The number of rotatable bonds is 4. The number of hydrogen-bond acceptors (Lipinski definition) is 1. The molecule has 184 valence electrons. The van der Waals surface area contributed by atoms with Crippen LogP contribution in [0.3, 0.4) is 0 Å². The van der Waals surface area contributed by atoms with E-state index in [1.165, 1.54) is 29.9 Å². The van der Waals surface area contributed by atoms with Gasteiger partial charge >= 0.3 is 35.0 Å². The van der Waals surface area contributed by atoms with E-state index in [4.69, 9.17) is 19.1 Å². The summed E-state index contributed by atoms with van der Waals surface area (Å²) in [6.45, 7) is 0. The second kappa shape index (κ2) is 17.2. The van der Waals surface area contributed by atoms with Gasteiger partial charge in [0.1, 0.15) is 0 Å². The molecule has 2 aromatic carbocycles. The monoisotopic (exact) mass is 643 g/mol. The van der Waals surface area contributed by atoms with E-state index in [9.17, 15) is 0 Å². The van der Waals surface area contributed by atoms with Crippen LogP contribution in [0.5, 0.6) is 0 Å². The Labute approximate surface area is 236 Å². The third kappa shape index (κ3) is 8.86. The summed E-state index contributed by atoms with van der Waals surface area (Å²) < 4.78 is 0. The Kier molecular flexibility index (Phi) is 15.6. The maximum Gasteiger partial charge on any atom is 0 e. The standard InChI is InChI=1S/C23H25NP.C5H5.2ClH.Fe.Pd/c1-24(2)21-15-9-10-18-16-17-22(23(18)21)25(19-11-5-3-6-12-19)20-13-7-4-8-14-20;1-2-4-5-3-1;;;;/h3-8,11-14,16-17,21H,9-10,15H2,1-2H3;1-5H;2*1H;;/q;;;;;+2/p-2/t21-;;;;;/m1...../s1. The van der Waals surface area contributed by atoms with E-state index in [2.05, 4.69) is 92.5 Å². The van der Waals surface area contributed by atoms with Crippen molar-refractivity contribution >= 4 is 37.6 Å². The van der Waals surface area contributed by atoms with Gasteiger partial charge in [-0.3, -0.25) is 0 Å². The van der Waals surface area contributed by atoms with Crippen LogP contribution in [0.1, 0.15) is 19.3 Å². The average Bonchev–Trinajstić information content (AvgIpc) is 3.55. The van der Waals surface area contributed by atoms with Crippen LogP contribution < -0.4 is 10.6 Å². The van der Waals surface area contributed by atoms with Crippen molar-refractivity contribution in [1.82, 2.24) is 4.90 Å². The Morgan fingerprint density at radius 2 is 1.26 bits per heavy atom. The smallest absolute Gasteiger partial charge is 0 e. The zero-order chi connectivity index (χ0) is 23.5. The van der Waals surface area contributed by atoms with Crippen molar-refractivity contribution in [3.8, 4) is 0 Å². The molecule has 10 radical (unpaired) electrons. The second-order valence-electron chi connectivity index (χ2n) is 8.04. The Bertz CT molecular complexity index is 731. The van der Waals surface area contributed by atoms with Gasteiger partial charge in [0, 0.05) is 34.7 Å². The molecule has 0 heterocycles. The van der Waals surface area contributed by atoms with Crippen LogP contribution in [-0.2, 0) is 33.0 Å². The van der Waals surface area contributed by atoms with Gasteiger partial charge in [-0.1, -0.05) is 67.1 Å². The van der Waals surface area contributed by atoms with Crippen molar-refractivity contribution in [1.29, 1.82) is 0 Å². The van der Waals surface area contributed by atoms with Crippen molar-refractivity contribution < 1.29 is 33.0 Å². The molecule has 3 aliphatic rings. The minimum atomic E-state index is -0.502. The van der Waals surface area contributed by atoms with Gasteiger partial charge in [0.2, 0.25) is 0 Å². The molecule has 2 aromatic rings. The molecule has 0 aromatic heterocycles. The first kappa shape index (κ1) is 30.8. The maximum absolute atomic E-state index is 4.81. The number of nitrogens with zero attached hydrogens (tertiary/aromatic N) is 1. The van der Waals surface area contributed by atoms with Crippen molar-refractivity contribution in [3.63, 3.8) is 0 Å². The first-order valence-electron chi connectivity index (χ1n) is 11.0. The van der Waals surface area contributed by atoms with E-state index in [1.54, 1.807) is 17.5 Å². The predicted molar refractivity (Wildman–Crippen MR) is 142 cm³/mol. The molecule has 0 aliphatic heterocycles. The molecule has 0 bridgehead atoms. The second-order valence-corrected chi connectivity index (χ2v) is 12.6. The molecule has 3 fully saturated rings. The van der Waals surface area contributed by atoms with E-state index in [1.807, 2.05) is 32.1 Å². The number of hydrogen-bond donors (Lipinski definition) is 0. The molecule has 0 unspecified atom stereocenters. The Balaban J connectivity index is 0.000000391. The van der Waals surface area contributed by atoms with Crippen molar-refractivity contribution in [2.24, 2.45) is 0 Å². The van der Waals surface area contributed by atoms with Gasteiger partial charge in [0.25, 0.3) is 0 Å². The topological polar surface area (TPSA) is 3.24 Å². The zero-order valence-electron chi connectivity index (χ0n) is 19.3. The molecular weight excluding hydrogens is 614 g/mol. The van der Waals surface area contributed by atoms with Crippen molar-refractivity contribution in [2.75, 3.05) is 14.1 Å². The van der Waals surface area contributed by atoms with Gasteiger partial charge in [-0.25, -0.2) is 0 Å². The minimum Gasteiger partial charge on any atom is 0 e. The molecule has 0 saturated heterocycles. The van der Waals surface area contributed by atoms with Gasteiger partial charge in [0.15, 0.2) is 0 Å². The molecule has 1 atom stereocenters. The van der Waals surface area contributed by atoms with Crippen LogP contribution in [0.4, 0.5) is 0 Å². The van der Waals surface area contributed by atoms with E-state index in [-0.39, 0.29) is 33.0 Å². The maximum atomic E-state index is 4.81. The van der Waals surface area contributed by atoms with Gasteiger partial charge < -0.3 is 4.90 Å². The normalized spacial score (nSPS) is 20.8. The number of benzene rings is 2. The number of halogens is 2. The minimum absolute atomic E-state index is 0. The summed E-state index contributed by atoms with van der Waals surface area (Å²) in [6, 6.07) is 22.7. The fourth-order valence-electron chi connectivity index (χ4n) is 4.37. The van der Waals surface area contributed by atoms with Crippen LogP contribution in [0.2, 0.25) is 0 Å². The summed E-state index contributed by atoms with van der Waals surface area (Å²) >= 11 is -0.106. The Morgan fingerprint density at radius 3 is 1.71 bits per heavy atom. The Morgan fingerprint density at radius 1 is 0.794 bits per heavy atom. The molecule has 3 saturated carbocycles. The molecule has 1 nitrogen and oxygen atoms in total. The first-order chi connectivity index (χ1) is 16.2. The Hall–Kier alpha value is 0.592. The van der Waals surface area contributed by atoms with Crippen LogP contribution in [0.15, 0.2) is 60.7 Å². The van der Waals surface area contributed by atoms with Crippen molar-refractivity contribution in [3.05, 3.63) is 123 Å².